The van der Waals surface area contributed by atoms with Gasteiger partial charge in [0.25, 0.3) is 0 Å². The van der Waals surface area contributed by atoms with Crippen LogP contribution in [0.3, 0.4) is 0 Å². The summed E-state index contributed by atoms with van der Waals surface area (Å²) < 4.78 is 0. The highest BCUT2D eigenvalue weighted by Gasteiger charge is 2.13. The van der Waals surface area contributed by atoms with Crippen molar-refractivity contribution in [3.05, 3.63) is 35.4 Å². The van der Waals surface area contributed by atoms with Gasteiger partial charge in [-0.2, -0.15) is 0 Å². The van der Waals surface area contributed by atoms with E-state index < -0.39 is 0 Å². The standard InChI is InChI=1S/C17H28N4O/c1-6-18-16(20-12-15(22)21-17(3,4)5)19-11-14-9-7-13(2)8-10-14/h7-10H,6,11-12H2,1-5H3,(H,21,22)(H2,18,19,20). The minimum Gasteiger partial charge on any atom is -0.357 e. The molecule has 0 aromatic heterocycles. The molecular weight excluding hydrogens is 276 g/mol. The molecule has 22 heavy (non-hydrogen) atoms. The number of amides is 1. The Bertz CT molecular complexity index is 500. The Balaban J connectivity index is 2.55. The molecule has 0 unspecified atom stereocenters. The van der Waals surface area contributed by atoms with Crippen molar-refractivity contribution in [2.24, 2.45) is 4.99 Å². The molecule has 0 aliphatic rings. The van der Waals surface area contributed by atoms with E-state index in [9.17, 15) is 4.79 Å². The minimum absolute atomic E-state index is 0.0477. The lowest BCUT2D eigenvalue weighted by Crippen LogP contribution is -2.48. The molecule has 5 heteroatoms. The van der Waals surface area contributed by atoms with Gasteiger partial charge < -0.3 is 16.0 Å². The number of nitrogens with one attached hydrogen (secondary N) is 3. The second kappa shape index (κ2) is 8.41. The van der Waals surface area contributed by atoms with Crippen LogP contribution in [0.1, 0.15) is 38.8 Å². The third-order valence-corrected chi connectivity index (χ3v) is 2.82. The number of guanidine groups is 1. The lowest BCUT2D eigenvalue weighted by atomic mass is 10.1. The van der Waals surface area contributed by atoms with Gasteiger partial charge in [0.2, 0.25) is 5.91 Å². The maximum absolute atomic E-state index is 11.8. The smallest absolute Gasteiger partial charge is 0.239 e. The molecule has 3 N–H and O–H groups in total. The first kappa shape index (κ1) is 18.0. The molecule has 5 nitrogen and oxygen atoms in total. The number of carbonyl (C=O) groups excluding carboxylic acids is 1. The van der Waals surface area contributed by atoms with E-state index in [0.29, 0.717) is 12.5 Å². The van der Waals surface area contributed by atoms with Gasteiger partial charge in [-0.3, -0.25) is 4.79 Å². The van der Waals surface area contributed by atoms with Gasteiger partial charge in [-0.05, 0) is 40.2 Å². The van der Waals surface area contributed by atoms with E-state index in [0.717, 1.165) is 12.1 Å². The zero-order valence-electron chi connectivity index (χ0n) is 14.3. The Labute approximate surface area is 133 Å². The van der Waals surface area contributed by atoms with E-state index >= 15 is 0 Å². The molecule has 1 rings (SSSR count). The first-order chi connectivity index (χ1) is 10.3. The summed E-state index contributed by atoms with van der Waals surface area (Å²) in [7, 11) is 0. The van der Waals surface area contributed by atoms with E-state index in [1.165, 1.54) is 5.56 Å². The summed E-state index contributed by atoms with van der Waals surface area (Å²) in [5, 5.41) is 9.11. The van der Waals surface area contributed by atoms with Crippen molar-refractivity contribution in [1.82, 2.24) is 16.0 Å². The first-order valence-corrected chi connectivity index (χ1v) is 7.69. The summed E-state index contributed by atoms with van der Waals surface area (Å²) in [5.74, 6) is 0.598. The number of aryl methyl sites for hydroxylation is 1. The van der Waals surface area contributed by atoms with Crippen LogP contribution in [0.2, 0.25) is 0 Å². The average molecular weight is 304 g/mol. The number of rotatable bonds is 5. The third-order valence-electron chi connectivity index (χ3n) is 2.82. The number of benzene rings is 1. The SMILES string of the molecule is CCNC(=NCc1ccc(C)cc1)NCC(=O)NC(C)(C)C. The second-order valence-electron chi connectivity index (χ2n) is 6.33. The maximum Gasteiger partial charge on any atom is 0.239 e. The molecule has 0 saturated carbocycles. The predicted octanol–water partition coefficient (Wildman–Crippen LogP) is 1.96. The lowest BCUT2D eigenvalue weighted by molar-refractivity contribution is -0.121. The van der Waals surface area contributed by atoms with Crippen molar-refractivity contribution in [2.75, 3.05) is 13.1 Å². The summed E-state index contributed by atoms with van der Waals surface area (Å²) in [5.41, 5.74) is 2.15. The van der Waals surface area contributed by atoms with Gasteiger partial charge in [0.15, 0.2) is 5.96 Å². The molecule has 1 amide bonds. The van der Waals surface area contributed by atoms with Gasteiger partial charge >= 0.3 is 0 Å². The van der Waals surface area contributed by atoms with Crippen LogP contribution in [0.15, 0.2) is 29.3 Å². The lowest BCUT2D eigenvalue weighted by Gasteiger charge is -2.21. The van der Waals surface area contributed by atoms with Crippen LogP contribution in [-0.4, -0.2) is 30.5 Å². The zero-order valence-corrected chi connectivity index (χ0v) is 14.3. The van der Waals surface area contributed by atoms with Crippen LogP contribution in [0, 0.1) is 6.92 Å². The molecule has 0 aliphatic carbocycles. The Hall–Kier alpha value is -2.04. The Morgan fingerprint density at radius 3 is 2.32 bits per heavy atom. The van der Waals surface area contributed by atoms with Gasteiger partial charge in [0, 0.05) is 12.1 Å². The highest BCUT2D eigenvalue weighted by atomic mass is 16.2. The van der Waals surface area contributed by atoms with Crippen molar-refractivity contribution in [2.45, 2.75) is 46.7 Å². The van der Waals surface area contributed by atoms with Crippen LogP contribution in [0.5, 0.6) is 0 Å². The van der Waals surface area contributed by atoms with E-state index in [1.807, 2.05) is 27.7 Å². The van der Waals surface area contributed by atoms with Crippen LogP contribution in [0.4, 0.5) is 0 Å². The predicted molar refractivity (Wildman–Crippen MR) is 91.9 cm³/mol. The largest absolute Gasteiger partial charge is 0.357 e. The molecule has 0 spiro atoms. The summed E-state index contributed by atoms with van der Waals surface area (Å²) >= 11 is 0. The molecular formula is C17H28N4O. The summed E-state index contributed by atoms with van der Waals surface area (Å²) in [6, 6.07) is 8.27. The van der Waals surface area contributed by atoms with Crippen LogP contribution < -0.4 is 16.0 Å². The molecule has 0 heterocycles. The van der Waals surface area contributed by atoms with Crippen molar-refractivity contribution in [3.8, 4) is 0 Å². The fraction of sp³-hybridized carbons (Fsp3) is 0.529. The second-order valence-corrected chi connectivity index (χ2v) is 6.33. The Morgan fingerprint density at radius 2 is 1.77 bits per heavy atom. The molecule has 0 bridgehead atoms. The Kier molecular flexibility index (Phi) is 6.89. The highest BCUT2D eigenvalue weighted by molar-refractivity contribution is 5.86. The molecule has 0 saturated heterocycles. The maximum atomic E-state index is 11.8. The summed E-state index contributed by atoms with van der Waals surface area (Å²) in [4.78, 5) is 16.3. The van der Waals surface area contributed by atoms with Gasteiger partial charge in [-0.15, -0.1) is 0 Å². The normalized spacial score (nSPS) is 12.0. The fourth-order valence-electron chi connectivity index (χ4n) is 1.83. The molecule has 0 fully saturated rings. The average Bonchev–Trinajstić information content (AvgIpc) is 2.42. The van der Waals surface area contributed by atoms with E-state index in [4.69, 9.17) is 0 Å². The molecule has 1 aromatic carbocycles. The Morgan fingerprint density at radius 1 is 1.14 bits per heavy atom. The van der Waals surface area contributed by atoms with Crippen LogP contribution in [-0.2, 0) is 11.3 Å². The van der Waals surface area contributed by atoms with E-state index in [2.05, 4.69) is 52.1 Å². The fourth-order valence-corrected chi connectivity index (χ4v) is 1.83. The van der Waals surface area contributed by atoms with Gasteiger partial charge in [0.1, 0.15) is 0 Å². The first-order valence-electron chi connectivity index (χ1n) is 7.69. The van der Waals surface area contributed by atoms with Gasteiger partial charge in [-0.25, -0.2) is 4.99 Å². The van der Waals surface area contributed by atoms with Gasteiger partial charge in [-0.1, -0.05) is 29.8 Å². The monoisotopic (exact) mass is 304 g/mol. The van der Waals surface area contributed by atoms with E-state index in [1.54, 1.807) is 0 Å². The number of hydrogen-bond acceptors (Lipinski definition) is 2. The summed E-state index contributed by atoms with van der Waals surface area (Å²) in [6.45, 7) is 11.5. The number of nitrogens with zero attached hydrogens (tertiary/aromatic N) is 1. The molecule has 1 aromatic rings. The number of aliphatic imine (C=N–C) groups is 1. The van der Waals surface area contributed by atoms with E-state index in [-0.39, 0.29) is 18.0 Å². The highest BCUT2D eigenvalue weighted by Crippen LogP contribution is 2.04. The summed E-state index contributed by atoms with van der Waals surface area (Å²) in [6.07, 6.45) is 0. The van der Waals surface area contributed by atoms with Crippen molar-refractivity contribution in [1.29, 1.82) is 0 Å². The topological polar surface area (TPSA) is 65.5 Å². The molecule has 122 valence electrons. The van der Waals surface area contributed by atoms with Crippen LogP contribution >= 0.6 is 0 Å². The van der Waals surface area contributed by atoms with Gasteiger partial charge in [0.05, 0.1) is 13.1 Å². The van der Waals surface area contributed by atoms with Crippen molar-refractivity contribution >= 4 is 11.9 Å². The van der Waals surface area contributed by atoms with Crippen molar-refractivity contribution in [3.63, 3.8) is 0 Å². The quantitative estimate of drug-likeness (QED) is 0.575. The minimum atomic E-state index is -0.226. The molecule has 0 aliphatic heterocycles. The number of hydrogen-bond donors (Lipinski definition) is 3. The zero-order chi connectivity index (χ0) is 16.6. The molecule has 0 radical (unpaired) electrons. The number of carbonyl (C=O) groups is 1. The van der Waals surface area contributed by atoms with Crippen molar-refractivity contribution < 1.29 is 4.79 Å². The van der Waals surface area contributed by atoms with Crippen LogP contribution in [0.25, 0.3) is 0 Å². The molecule has 0 atom stereocenters. The third kappa shape index (κ3) is 7.67.